The Bertz CT molecular complexity index is 956. The van der Waals surface area contributed by atoms with Crippen LogP contribution in [0.15, 0.2) is 53.9 Å². The molecule has 1 amide bonds. The number of aromatic nitrogens is 2. The number of nitrogens with zero attached hydrogens (tertiary/aromatic N) is 2. The van der Waals surface area contributed by atoms with E-state index in [9.17, 15) is 4.79 Å². The highest BCUT2D eigenvalue weighted by Crippen LogP contribution is 2.26. The van der Waals surface area contributed by atoms with E-state index in [0.29, 0.717) is 15.7 Å². The lowest BCUT2D eigenvalue weighted by atomic mass is 10.1. The van der Waals surface area contributed by atoms with E-state index in [-0.39, 0.29) is 11.7 Å². The van der Waals surface area contributed by atoms with Crippen molar-refractivity contribution in [3.05, 3.63) is 70.0 Å². The first kappa shape index (κ1) is 18.8. The molecule has 3 rings (SSSR count). The van der Waals surface area contributed by atoms with E-state index in [4.69, 9.17) is 23.2 Å². The van der Waals surface area contributed by atoms with Gasteiger partial charge >= 0.3 is 0 Å². The van der Waals surface area contributed by atoms with E-state index in [1.807, 2.05) is 22.9 Å². The van der Waals surface area contributed by atoms with Gasteiger partial charge in [-0.25, -0.2) is 4.98 Å². The minimum Gasteiger partial charge on any atom is -0.325 e. The third-order valence-electron chi connectivity index (χ3n) is 3.98. The average molecular weight is 406 g/mol. The van der Waals surface area contributed by atoms with Crippen molar-refractivity contribution in [2.24, 2.45) is 0 Å². The van der Waals surface area contributed by atoms with Gasteiger partial charge in [0.05, 0.1) is 21.5 Å². The number of carbonyl (C=O) groups is 1. The Balaban J connectivity index is 1.69. The third kappa shape index (κ3) is 4.23. The molecule has 0 aliphatic carbocycles. The van der Waals surface area contributed by atoms with Crippen LogP contribution in [0.25, 0.3) is 5.69 Å². The molecule has 4 nitrogen and oxygen atoms in total. The van der Waals surface area contributed by atoms with Crippen LogP contribution in [0.3, 0.4) is 0 Å². The number of anilines is 1. The van der Waals surface area contributed by atoms with Crippen molar-refractivity contribution in [1.29, 1.82) is 0 Å². The van der Waals surface area contributed by atoms with Gasteiger partial charge in [-0.05, 0) is 49.2 Å². The molecule has 2 aromatic carbocycles. The fraction of sp³-hybridized carbons (Fsp3) is 0.158. The molecule has 134 valence electrons. The molecule has 1 aromatic heterocycles. The number of thioether (sulfide) groups is 1. The molecule has 0 radical (unpaired) electrons. The Hall–Kier alpha value is -1.95. The summed E-state index contributed by atoms with van der Waals surface area (Å²) in [6, 6.07) is 11.1. The van der Waals surface area contributed by atoms with Crippen molar-refractivity contribution in [3.63, 3.8) is 0 Å². The maximum absolute atomic E-state index is 12.2. The lowest BCUT2D eigenvalue weighted by Crippen LogP contribution is -2.14. The summed E-state index contributed by atoms with van der Waals surface area (Å²) in [5.41, 5.74) is 4.08. The Morgan fingerprint density at radius 2 is 2.00 bits per heavy atom. The largest absolute Gasteiger partial charge is 0.325 e. The zero-order valence-corrected chi connectivity index (χ0v) is 16.6. The van der Waals surface area contributed by atoms with E-state index in [1.165, 1.54) is 22.9 Å². The molecule has 7 heteroatoms. The molecular formula is C19H17Cl2N3OS. The molecule has 0 aliphatic rings. The minimum atomic E-state index is -0.135. The zero-order chi connectivity index (χ0) is 18.7. The van der Waals surface area contributed by atoms with E-state index in [2.05, 4.69) is 30.2 Å². The maximum Gasteiger partial charge on any atom is 0.234 e. The second kappa shape index (κ2) is 8.16. The molecule has 0 unspecified atom stereocenters. The molecule has 0 aliphatic heterocycles. The van der Waals surface area contributed by atoms with E-state index in [0.717, 1.165) is 10.8 Å². The third-order valence-corrected chi connectivity index (χ3v) is 5.68. The summed E-state index contributed by atoms with van der Waals surface area (Å²) >= 11 is 13.2. The fourth-order valence-corrected chi connectivity index (χ4v) is 3.54. The molecule has 0 bridgehead atoms. The van der Waals surface area contributed by atoms with Gasteiger partial charge in [0.1, 0.15) is 0 Å². The molecule has 3 aromatic rings. The van der Waals surface area contributed by atoms with E-state index >= 15 is 0 Å². The molecule has 0 saturated carbocycles. The van der Waals surface area contributed by atoms with Crippen LogP contribution in [0.1, 0.15) is 11.1 Å². The summed E-state index contributed by atoms with van der Waals surface area (Å²) < 4.78 is 2.00. The Morgan fingerprint density at radius 1 is 1.19 bits per heavy atom. The van der Waals surface area contributed by atoms with Crippen molar-refractivity contribution in [1.82, 2.24) is 9.55 Å². The quantitative estimate of drug-likeness (QED) is 0.567. The normalized spacial score (nSPS) is 10.8. The van der Waals surface area contributed by atoms with E-state index in [1.54, 1.807) is 24.4 Å². The molecule has 26 heavy (non-hydrogen) atoms. The summed E-state index contributed by atoms with van der Waals surface area (Å²) in [5.74, 6) is 0.103. The summed E-state index contributed by atoms with van der Waals surface area (Å²) in [7, 11) is 0. The van der Waals surface area contributed by atoms with Crippen LogP contribution in [0.2, 0.25) is 10.0 Å². The van der Waals surface area contributed by atoms with Gasteiger partial charge in [0.2, 0.25) is 5.91 Å². The first-order valence-corrected chi connectivity index (χ1v) is 9.67. The van der Waals surface area contributed by atoms with Crippen molar-refractivity contribution >= 4 is 46.6 Å². The van der Waals surface area contributed by atoms with Gasteiger partial charge in [0.15, 0.2) is 5.16 Å². The number of halogens is 2. The number of aryl methyl sites for hydroxylation is 1. The summed E-state index contributed by atoms with van der Waals surface area (Å²) in [6.45, 7) is 4.16. The van der Waals surface area contributed by atoms with Crippen molar-refractivity contribution < 1.29 is 4.79 Å². The topological polar surface area (TPSA) is 46.9 Å². The lowest BCUT2D eigenvalue weighted by Gasteiger charge is -2.12. The molecule has 0 saturated heterocycles. The lowest BCUT2D eigenvalue weighted by molar-refractivity contribution is -0.113. The molecule has 0 spiro atoms. The maximum atomic E-state index is 12.2. The van der Waals surface area contributed by atoms with Gasteiger partial charge in [-0.15, -0.1) is 0 Å². The Kier molecular flexibility index (Phi) is 5.91. The number of nitrogens with one attached hydrogen (secondary N) is 1. The van der Waals surface area contributed by atoms with Gasteiger partial charge < -0.3 is 5.32 Å². The summed E-state index contributed by atoms with van der Waals surface area (Å²) in [6.07, 6.45) is 3.64. The smallest absolute Gasteiger partial charge is 0.234 e. The van der Waals surface area contributed by atoms with Crippen LogP contribution < -0.4 is 5.32 Å². The number of carbonyl (C=O) groups excluding carboxylic acids is 1. The van der Waals surface area contributed by atoms with Crippen LogP contribution in [0, 0.1) is 13.8 Å². The second-order valence-electron chi connectivity index (χ2n) is 5.76. The molecule has 1 N–H and O–H groups in total. The minimum absolute atomic E-state index is 0.135. The number of benzene rings is 2. The number of hydrogen-bond acceptors (Lipinski definition) is 3. The molecule has 0 fully saturated rings. The first-order valence-electron chi connectivity index (χ1n) is 7.93. The van der Waals surface area contributed by atoms with Gasteiger partial charge in [-0.3, -0.25) is 9.36 Å². The standard InChI is InChI=1S/C19H17Cl2N3OS/c1-12-4-3-5-17(13(12)2)24-9-8-22-19(24)26-11-18(25)23-14-6-7-15(20)16(21)10-14/h3-10H,11H2,1-2H3,(H,23,25). The average Bonchev–Trinajstić information content (AvgIpc) is 3.07. The summed E-state index contributed by atoms with van der Waals surface area (Å²) in [4.78, 5) is 16.6. The van der Waals surface area contributed by atoms with Crippen LogP contribution in [0.5, 0.6) is 0 Å². The predicted octanol–water partition coefficient (Wildman–Crippen LogP) is 5.53. The van der Waals surface area contributed by atoms with Gasteiger partial charge in [-0.1, -0.05) is 47.1 Å². The van der Waals surface area contributed by atoms with Crippen molar-refractivity contribution in [2.45, 2.75) is 19.0 Å². The highest BCUT2D eigenvalue weighted by Gasteiger charge is 2.12. The van der Waals surface area contributed by atoms with Gasteiger partial charge in [0, 0.05) is 18.1 Å². The monoisotopic (exact) mass is 405 g/mol. The van der Waals surface area contributed by atoms with Crippen LogP contribution in [0.4, 0.5) is 5.69 Å². The summed E-state index contributed by atoms with van der Waals surface area (Å²) in [5, 5.41) is 4.44. The highest BCUT2D eigenvalue weighted by atomic mass is 35.5. The van der Waals surface area contributed by atoms with Crippen LogP contribution in [-0.4, -0.2) is 21.2 Å². The molecule has 1 heterocycles. The van der Waals surface area contributed by atoms with Crippen molar-refractivity contribution in [2.75, 3.05) is 11.1 Å². The highest BCUT2D eigenvalue weighted by molar-refractivity contribution is 7.99. The number of imidazole rings is 1. The molecular weight excluding hydrogens is 389 g/mol. The first-order chi connectivity index (χ1) is 12.5. The van der Waals surface area contributed by atoms with Crippen molar-refractivity contribution in [3.8, 4) is 5.69 Å². The van der Waals surface area contributed by atoms with Gasteiger partial charge in [-0.2, -0.15) is 0 Å². The van der Waals surface area contributed by atoms with Crippen LogP contribution in [-0.2, 0) is 4.79 Å². The van der Waals surface area contributed by atoms with Gasteiger partial charge in [0.25, 0.3) is 0 Å². The van der Waals surface area contributed by atoms with Crippen LogP contribution >= 0.6 is 35.0 Å². The number of rotatable bonds is 5. The Labute approximate surface area is 166 Å². The molecule has 0 atom stereocenters. The Morgan fingerprint density at radius 3 is 2.77 bits per heavy atom. The second-order valence-corrected chi connectivity index (χ2v) is 7.52. The SMILES string of the molecule is Cc1cccc(-n2ccnc2SCC(=O)Nc2ccc(Cl)c(Cl)c2)c1C. The predicted molar refractivity (Wildman–Crippen MR) is 109 cm³/mol. The zero-order valence-electron chi connectivity index (χ0n) is 14.3. The fourth-order valence-electron chi connectivity index (χ4n) is 2.48. The van der Waals surface area contributed by atoms with E-state index < -0.39 is 0 Å². The number of hydrogen-bond donors (Lipinski definition) is 1. The number of amides is 1.